The van der Waals surface area contributed by atoms with Crippen LogP contribution in [-0.4, -0.2) is 35.4 Å². The molecule has 0 spiro atoms. The zero-order valence-corrected chi connectivity index (χ0v) is 25.7. The Bertz CT molecular complexity index is 999. The van der Waals surface area contributed by atoms with Gasteiger partial charge in [-0.25, -0.2) is 9.97 Å². The van der Waals surface area contributed by atoms with Crippen molar-refractivity contribution in [2.75, 3.05) is 20.8 Å². The van der Waals surface area contributed by atoms with E-state index in [1.807, 2.05) is 41.5 Å². The molecule has 0 aliphatic carbocycles. The number of ether oxygens (including phenoxy) is 2. The van der Waals surface area contributed by atoms with Gasteiger partial charge in [0.1, 0.15) is 0 Å². The molecule has 0 aliphatic heterocycles. The normalized spacial score (nSPS) is 11.0. The molecule has 0 unspecified atom stereocenters. The first-order chi connectivity index (χ1) is 16.9. The van der Waals surface area contributed by atoms with Crippen molar-refractivity contribution in [3.05, 3.63) is 40.1 Å². The van der Waals surface area contributed by atoms with Crippen LogP contribution in [0, 0.1) is 6.92 Å². The van der Waals surface area contributed by atoms with Crippen LogP contribution in [0.25, 0.3) is 22.3 Å². The molecule has 0 N–H and O–H groups in total. The van der Waals surface area contributed by atoms with Gasteiger partial charge in [0, 0.05) is 36.1 Å². The molecule has 0 amide bonds. The molecule has 3 aromatic rings. The molecule has 3 aromatic heterocycles. The van der Waals surface area contributed by atoms with Crippen molar-refractivity contribution in [1.82, 2.24) is 14.5 Å². The van der Waals surface area contributed by atoms with Gasteiger partial charge in [-0.05, 0) is 65.4 Å². The summed E-state index contributed by atoms with van der Waals surface area (Å²) in [4.78, 5) is 9.72. The molecular weight excluding hydrogens is 502 g/mol. The van der Waals surface area contributed by atoms with Gasteiger partial charge in [-0.15, -0.1) is 0 Å². The molecule has 0 aliphatic rings. The Kier molecular flexibility index (Phi) is 16.5. The maximum absolute atomic E-state index is 5.60. The van der Waals surface area contributed by atoms with Crippen molar-refractivity contribution in [1.29, 1.82) is 0 Å². The third-order valence-corrected chi connectivity index (χ3v) is 5.99. The van der Waals surface area contributed by atoms with E-state index in [4.69, 9.17) is 14.5 Å². The summed E-state index contributed by atoms with van der Waals surface area (Å²) < 4.78 is 14.2. The van der Waals surface area contributed by atoms with Gasteiger partial charge in [0.15, 0.2) is 0 Å². The summed E-state index contributed by atoms with van der Waals surface area (Å²) in [6.07, 6.45) is 4.22. The van der Waals surface area contributed by atoms with Gasteiger partial charge in [-0.2, -0.15) is 0 Å². The van der Waals surface area contributed by atoms with Crippen LogP contribution in [0.2, 0.25) is 0 Å². The van der Waals surface area contributed by atoms with Gasteiger partial charge in [-0.3, -0.25) is 0 Å². The molecule has 3 rings (SSSR count). The van der Waals surface area contributed by atoms with Crippen LogP contribution in [0.3, 0.4) is 0 Å². The second kappa shape index (κ2) is 17.5. The van der Waals surface area contributed by atoms with Crippen molar-refractivity contribution in [3.63, 3.8) is 0 Å². The average Bonchev–Trinajstić information content (AvgIpc) is 3.22. The number of hydrogen-bond donors (Lipinski definition) is 0. The van der Waals surface area contributed by atoms with Gasteiger partial charge in [0.2, 0.25) is 5.88 Å². The summed E-state index contributed by atoms with van der Waals surface area (Å²) in [5.74, 6) is 0.943. The van der Waals surface area contributed by atoms with E-state index in [0.717, 1.165) is 57.5 Å². The van der Waals surface area contributed by atoms with E-state index in [1.165, 1.54) is 0 Å². The molecule has 1 atom stereocenters. The molecular formula is C29H48BrN3O2. The number of methoxy groups -OCH3 is 2. The highest BCUT2D eigenvalue weighted by Gasteiger charge is 2.20. The van der Waals surface area contributed by atoms with Crippen molar-refractivity contribution >= 4 is 27.0 Å². The zero-order chi connectivity index (χ0) is 27.1. The van der Waals surface area contributed by atoms with Crippen molar-refractivity contribution < 1.29 is 9.47 Å². The largest absolute Gasteiger partial charge is 0.480 e. The van der Waals surface area contributed by atoms with Gasteiger partial charge >= 0.3 is 0 Å². The summed E-state index contributed by atoms with van der Waals surface area (Å²) in [5, 5.41) is 0. The molecule has 198 valence electrons. The Morgan fingerprint density at radius 2 is 1.63 bits per heavy atom. The Labute approximate surface area is 222 Å². The van der Waals surface area contributed by atoms with Crippen LogP contribution in [0.1, 0.15) is 98.4 Å². The van der Waals surface area contributed by atoms with E-state index >= 15 is 0 Å². The van der Waals surface area contributed by atoms with Crippen molar-refractivity contribution in [2.45, 2.75) is 94.0 Å². The molecule has 5 nitrogen and oxygen atoms in total. The van der Waals surface area contributed by atoms with Crippen molar-refractivity contribution in [3.8, 4) is 17.1 Å². The smallest absolute Gasteiger partial charge is 0.222 e. The second-order valence-electron chi connectivity index (χ2n) is 7.70. The number of fused-ring (bicyclic) bond motifs is 1. The molecule has 0 radical (unpaired) electrons. The first-order valence-electron chi connectivity index (χ1n) is 13.1. The SMILES string of the molecule is CC.CC.CC.CC[C@@H](CCOC)n1cc(C)c2nc(-c3ccc(C(C)C)nc3OC)c(Br)cc21. The molecule has 6 heteroatoms. The van der Waals surface area contributed by atoms with Crippen LogP contribution < -0.4 is 4.74 Å². The first kappa shape index (κ1) is 33.1. The standard InChI is InChI=1S/C23H30BrN3O2.3C2H6/c1-7-16(10-11-28-5)27-13-15(4)21-20(27)12-18(24)22(26-21)17-8-9-19(14(2)3)25-23(17)29-6;3*1-2/h8-9,12-14,16H,7,10-11H2,1-6H3;3*1-2H3/t16-;;;/m0.../s1. The highest BCUT2D eigenvalue weighted by Crippen LogP contribution is 2.37. The molecule has 0 saturated heterocycles. The van der Waals surface area contributed by atoms with Crippen LogP contribution in [-0.2, 0) is 4.74 Å². The van der Waals surface area contributed by atoms with Crippen LogP contribution >= 0.6 is 15.9 Å². The van der Waals surface area contributed by atoms with Crippen LogP contribution in [0.4, 0.5) is 0 Å². The van der Waals surface area contributed by atoms with Gasteiger partial charge in [0.25, 0.3) is 0 Å². The highest BCUT2D eigenvalue weighted by atomic mass is 79.9. The highest BCUT2D eigenvalue weighted by molar-refractivity contribution is 9.10. The number of hydrogen-bond acceptors (Lipinski definition) is 4. The predicted octanol–water partition coefficient (Wildman–Crippen LogP) is 9.37. The number of aryl methyl sites for hydroxylation is 1. The number of nitrogens with zero attached hydrogens (tertiary/aromatic N) is 3. The molecule has 0 saturated carbocycles. The zero-order valence-electron chi connectivity index (χ0n) is 24.1. The Hall–Kier alpha value is -1.92. The lowest BCUT2D eigenvalue weighted by atomic mass is 10.1. The van der Waals surface area contributed by atoms with Crippen LogP contribution in [0.15, 0.2) is 28.9 Å². The third-order valence-electron chi connectivity index (χ3n) is 5.38. The Balaban J connectivity index is 0.00000179. The Morgan fingerprint density at radius 3 is 2.14 bits per heavy atom. The lowest BCUT2D eigenvalue weighted by Gasteiger charge is -2.18. The van der Waals surface area contributed by atoms with Crippen LogP contribution in [0.5, 0.6) is 5.88 Å². The van der Waals surface area contributed by atoms with Gasteiger partial charge in [-0.1, -0.05) is 62.3 Å². The van der Waals surface area contributed by atoms with Gasteiger partial charge < -0.3 is 14.0 Å². The third kappa shape index (κ3) is 8.32. The summed E-state index contributed by atoms with van der Waals surface area (Å²) in [6.45, 7) is 21.3. The average molecular weight is 551 g/mol. The first-order valence-corrected chi connectivity index (χ1v) is 13.9. The topological polar surface area (TPSA) is 49.2 Å². The predicted molar refractivity (Wildman–Crippen MR) is 156 cm³/mol. The lowest BCUT2D eigenvalue weighted by molar-refractivity contribution is 0.178. The number of rotatable bonds is 8. The fraction of sp³-hybridized carbons (Fsp3) is 0.586. The minimum absolute atomic E-state index is 0.339. The summed E-state index contributed by atoms with van der Waals surface area (Å²) >= 11 is 3.75. The number of halogens is 1. The summed E-state index contributed by atoms with van der Waals surface area (Å²) in [5.41, 5.74) is 6.05. The van der Waals surface area contributed by atoms with Crippen molar-refractivity contribution in [2.24, 2.45) is 0 Å². The van der Waals surface area contributed by atoms with E-state index in [2.05, 4.69) is 77.6 Å². The molecule has 0 bridgehead atoms. The fourth-order valence-electron chi connectivity index (χ4n) is 3.70. The van der Waals surface area contributed by atoms with E-state index in [0.29, 0.717) is 17.8 Å². The minimum Gasteiger partial charge on any atom is -0.480 e. The molecule has 3 heterocycles. The fourth-order valence-corrected chi connectivity index (χ4v) is 4.22. The molecule has 0 aromatic carbocycles. The monoisotopic (exact) mass is 549 g/mol. The van der Waals surface area contributed by atoms with E-state index in [9.17, 15) is 0 Å². The van der Waals surface area contributed by atoms with Gasteiger partial charge in [0.05, 0.1) is 29.4 Å². The van der Waals surface area contributed by atoms with E-state index < -0.39 is 0 Å². The van der Waals surface area contributed by atoms with E-state index in [-0.39, 0.29) is 0 Å². The maximum atomic E-state index is 5.60. The number of pyridine rings is 2. The Morgan fingerprint density at radius 1 is 1.00 bits per heavy atom. The molecule has 35 heavy (non-hydrogen) atoms. The number of aromatic nitrogens is 3. The quantitative estimate of drug-likeness (QED) is 0.280. The lowest BCUT2D eigenvalue weighted by Crippen LogP contribution is -2.09. The van der Waals surface area contributed by atoms with E-state index in [1.54, 1.807) is 14.2 Å². The second-order valence-corrected chi connectivity index (χ2v) is 8.55. The minimum atomic E-state index is 0.339. The maximum Gasteiger partial charge on any atom is 0.222 e. The molecule has 0 fully saturated rings. The summed E-state index contributed by atoms with van der Waals surface area (Å²) in [7, 11) is 3.41. The summed E-state index contributed by atoms with van der Waals surface area (Å²) in [6, 6.07) is 6.65.